The van der Waals surface area contributed by atoms with Crippen molar-refractivity contribution in [3.05, 3.63) is 65.9 Å². The van der Waals surface area contributed by atoms with Gasteiger partial charge in [-0.05, 0) is 31.5 Å². The molecule has 1 heterocycles. The zero-order valence-electron chi connectivity index (χ0n) is 15.5. The SMILES string of the molecule is COC(=O)N/N=C\c1cn(CCCOc2ccc(C)cc2)c2ccccc12. The first-order valence-corrected chi connectivity index (χ1v) is 8.82. The maximum Gasteiger partial charge on any atom is 0.427 e. The summed E-state index contributed by atoms with van der Waals surface area (Å²) < 4.78 is 12.5. The minimum atomic E-state index is -0.594. The summed E-state index contributed by atoms with van der Waals surface area (Å²) in [5.41, 5.74) is 5.58. The first-order valence-electron chi connectivity index (χ1n) is 8.82. The summed E-state index contributed by atoms with van der Waals surface area (Å²) in [7, 11) is 1.30. The lowest BCUT2D eigenvalue weighted by Crippen LogP contribution is -2.16. The van der Waals surface area contributed by atoms with Crippen LogP contribution < -0.4 is 10.2 Å². The average molecular weight is 365 g/mol. The van der Waals surface area contributed by atoms with Gasteiger partial charge in [-0.25, -0.2) is 10.2 Å². The number of aryl methyl sites for hydroxylation is 2. The van der Waals surface area contributed by atoms with Gasteiger partial charge in [0.25, 0.3) is 0 Å². The molecule has 0 fully saturated rings. The quantitative estimate of drug-likeness (QED) is 0.389. The Hall–Kier alpha value is -3.28. The topological polar surface area (TPSA) is 64.8 Å². The van der Waals surface area contributed by atoms with Crippen LogP contribution in [0.3, 0.4) is 0 Å². The molecule has 0 saturated heterocycles. The number of carbonyl (C=O) groups excluding carboxylic acids is 1. The molecular weight excluding hydrogens is 342 g/mol. The number of rotatable bonds is 7. The molecule has 2 aromatic carbocycles. The van der Waals surface area contributed by atoms with Crippen molar-refractivity contribution in [3.63, 3.8) is 0 Å². The van der Waals surface area contributed by atoms with Gasteiger partial charge in [-0.2, -0.15) is 5.10 Å². The van der Waals surface area contributed by atoms with Crippen LogP contribution in [0.1, 0.15) is 17.5 Å². The molecular formula is C21H23N3O3. The van der Waals surface area contributed by atoms with Crippen LogP contribution in [0.15, 0.2) is 59.8 Å². The van der Waals surface area contributed by atoms with Crippen LogP contribution in [0.4, 0.5) is 4.79 Å². The van der Waals surface area contributed by atoms with E-state index >= 15 is 0 Å². The lowest BCUT2D eigenvalue weighted by Gasteiger charge is -2.08. The normalized spacial score (nSPS) is 11.0. The van der Waals surface area contributed by atoms with Gasteiger partial charge in [0.15, 0.2) is 0 Å². The average Bonchev–Trinajstić information content (AvgIpc) is 3.04. The Morgan fingerprint density at radius 2 is 1.96 bits per heavy atom. The molecule has 1 aromatic heterocycles. The Morgan fingerprint density at radius 1 is 1.19 bits per heavy atom. The van der Waals surface area contributed by atoms with Gasteiger partial charge in [0.1, 0.15) is 5.75 Å². The van der Waals surface area contributed by atoms with E-state index in [0.717, 1.165) is 35.2 Å². The van der Waals surface area contributed by atoms with Crippen LogP contribution in [0.2, 0.25) is 0 Å². The van der Waals surface area contributed by atoms with Gasteiger partial charge in [0.2, 0.25) is 0 Å². The predicted octanol–water partition coefficient (Wildman–Crippen LogP) is 4.11. The van der Waals surface area contributed by atoms with E-state index in [1.165, 1.54) is 12.7 Å². The molecule has 0 atom stereocenters. The second-order valence-corrected chi connectivity index (χ2v) is 6.17. The Balaban J connectivity index is 1.63. The highest BCUT2D eigenvalue weighted by molar-refractivity contribution is 5.99. The van der Waals surface area contributed by atoms with Gasteiger partial charge >= 0.3 is 6.09 Å². The number of nitrogens with one attached hydrogen (secondary N) is 1. The number of fused-ring (bicyclic) bond motifs is 1. The molecule has 0 aliphatic heterocycles. The molecule has 0 aliphatic carbocycles. The minimum Gasteiger partial charge on any atom is -0.494 e. The fraction of sp³-hybridized carbons (Fsp3) is 0.238. The van der Waals surface area contributed by atoms with Crippen molar-refractivity contribution in [3.8, 4) is 5.75 Å². The van der Waals surface area contributed by atoms with Crippen molar-refractivity contribution >= 4 is 23.2 Å². The smallest absolute Gasteiger partial charge is 0.427 e. The zero-order chi connectivity index (χ0) is 19.1. The molecule has 140 valence electrons. The second kappa shape index (κ2) is 8.89. The van der Waals surface area contributed by atoms with Crippen molar-refractivity contribution in [2.24, 2.45) is 5.10 Å². The fourth-order valence-corrected chi connectivity index (χ4v) is 2.82. The summed E-state index contributed by atoms with van der Waals surface area (Å²) in [6.07, 6.45) is 3.93. The van der Waals surface area contributed by atoms with E-state index < -0.39 is 6.09 Å². The number of benzene rings is 2. The number of hydrazone groups is 1. The lowest BCUT2D eigenvalue weighted by atomic mass is 10.2. The highest BCUT2D eigenvalue weighted by Gasteiger charge is 2.07. The molecule has 3 aromatic rings. The maximum absolute atomic E-state index is 11.1. The van der Waals surface area contributed by atoms with Gasteiger partial charge in [0, 0.05) is 29.2 Å². The van der Waals surface area contributed by atoms with Crippen LogP contribution in [-0.4, -0.2) is 30.6 Å². The number of aromatic nitrogens is 1. The number of para-hydroxylation sites is 1. The highest BCUT2D eigenvalue weighted by atomic mass is 16.5. The molecule has 0 bridgehead atoms. The summed E-state index contributed by atoms with van der Waals surface area (Å²) >= 11 is 0. The zero-order valence-corrected chi connectivity index (χ0v) is 15.5. The predicted molar refractivity (Wildman–Crippen MR) is 106 cm³/mol. The number of nitrogens with zero attached hydrogens (tertiary/aromatic N) is 2. The largest absolute Gasteiger partial charge is 0.494 e. The second-order valence-electron chi connectivity index (χ2n) is 6.17. The van der Waals surface area contributed by atoms with Gasteiger partial charge in [-0.3, -0.25) is 0 Å². The van der Waals surface area contributed by atoms with E-state index in [1.807, 2.05) is 48.7 Å². The van der Waals surface area contributed by atoms with Gasteiger partial charge < -0.3 is 14.0 Å². The van der Waals surface area contributed by atoms with Crippen molar-refractivity contribution in [2.75, 3.05) is 13.7 Å². The number of carbonyl (C=O) groups is 1. The van der Waals surface area contributed by atoms with E-state index in [-0.39, 0.29) is 0 Å². The molecule has 0 spiro atoms. The van der Waals surface area contributed by atoms with Crippen LogP contribution in [-0.2, 0) is 11.3 Å². The van der Waals surface area contributed by atoms with E-state index in [9.17, 15) is 4.79 Å². The van der Waals surface area contributed by atoms with Gasteiger partial charge in [0.05, 0.1) is 19.9 Å². The molecule has 1 amide bonds. The van der Waals surface area contributed by atoms with Crippen LogP contribution in [0, 0.1) is 6.92 Å². The highest BCUT2D eigenvalue weighted by Crippen LogP contribution is 2.20. The number of amides is 1. The van der Waals surface area contributed by atoms with Crippen molar-refractivity contribution in [1.29, 1.82) is 0 Å². The molecule has 0 unspecified atom stereocenters. The van der Waals surface area contributed by atoms with Crippen molar-refractivity contribution in [2.45, 2.75) is 19.9 Å². The Kier molecular flexibility index (Phi) is 6.10. The molecule has 0 radical (unpaired) electrons. The van der Waals surface area contributed by atoms with E-state index in [2.05, 4.69) is 32.8 Å². The third-order valence-electron chi connectivity index (χ3n) is 4.20. The Labute approximate surface area is 158 Å². The molecule has 27 heavy (non-hydrogen) atoms. The van der Waals surface area contributed by atoms with Gasteiger partial charge in [-0.1, -0.05) is 35.9 Å². The third-order valence-corrected chi connectivity index (χ3v) is 4.20. The van der Waals surface area contributed by atoms with Crippen LogP contribution in [0.5, 0.6) is 5.75 Å². The molecule has 6 nitrogen and oxygen atoms in total. The maximum atomic E-state index is 11.1. The van der Waals surface area contributed by atoms with Crippen LogP contribution in [0.25, 0.3) is 10.9 Å². The van der Waals surface area contributed by atoms with Crippen molar-refractivity contribution in [1.82, 2.24) is 9.99 Å². The van der Waals surface area contributed by atoms with E-state index in [1.54, 1.807) is 6.21 Å². The van der Waals surface area contributed by atoms with Crippen LogP contribution >= 0.6 is 0 Å². The molecule has 0 aliphatic rings. The first kappa shape index (κ1) is 18.5. The standard InChI is InChI=1S/C21H23N3O3/c1-16-8-10-18(11-9-16)27-13-5-12-24-15-17(14-22-23-21(25)26-2)19-6-3-4-7-20(19)24/h3-4,6-11,14-15H,5,12-13H2,1-2H3,(H,23,25)/b22-14-. The number of methoxy groups -OCH3 is 1. The Morgan fingerprint density at radius 3 is 2.74 bits per heavy atom. The minimum absolute atomic E-state index is 0.594. The third kappa shape index (κ3) is 4.88. The molecule has 1 N–H and O–H groups in total. The molecule has 0 saturated carbocycles. The first-order chi connectivity index (χ1) is 13.2. The number of ether oxygens (including phenoxy) is 2. The fourth-order valence-electron chi connectivity index (χ4n) is 2.82. The number of hydrogen-bond acceptors (Lipinski definition) is 4. The van der Waals surface area contributed by atoms with E-state index in [0.29, 0.717) is 6.61 Å². The lowest BCUT2D eigenvalue weighted by molar-refractivity contribution is 0.171. The summed E-state index contributed by atoms with van der Waals surface area (Å²) in [6.45, 7) is 3.52. The summed E-state index contributed by atoms with van der Waals surface area (Å²) in [5.74, 6) is 0.889. The van der Waals surface area contributed by atoms with Gasteiger partial charge in [-0.15, -0.1) is 0 Å². The summed E-state index contributed by atoms with van der Waals surface area (Å²) in [4.78, 5) is 11.1. The van der Waals surface area contributed by atoms with E-state index in [4.69, 9.17) is 4.74 Å². The van der Waals surface area contributed by atoms with Crippen molar-refractivity contribution < 1.29 is 14.3 Å². The molecule has 3 rings (SSSR count). The Bertz CT molecular complexity index is 929. The summed E-state index contributed by atoms with van der Waals surface area (Å²) in [5, 5.41) is 5.01. The monoisotopic (exact) mass is 365 g/mol. The summed E-state index contributed by atoms with van der Waals surface area (Å²) in [6, 6.07) is 16.2. The molecule has 6 heteroatoms. The number of hydrogen-bond donors (Lipinski definition) is 1.